The molecule has 18 heavy (non-hydrogen) atoms. The zero-order valence-corrected chi connectivity index (χ0v) is 11.4. The van der Waals surface area contributed by atoms with Crippen molar-refractivity contribution in [1.29, 1.82) is 0 Å². The number of fused-ring (bicyclic) bond motifs is 1. The summed E-state index contributed by atoms with van der Waals surface area (Å²) < 4.78 is 0. The van der Waals surface area contributed by atoms with Gasteiger partial charge in [-0.2, -0.15) is 4.98 Å². The SMILES string of the molecule is CCNc1nc(NCC(C)CO)c2ccsc2n1. The molecule has 2 aromatic heterocycles. The first-order valence-corrected chi connectivity index (χ1v) is 6.96. The Morgan fingerprint density at radius 3 is 2.94 bits per heavy atom. The summed E-state index contributed by atoms with van der Waals surface area (Å²) in [5.41, 5.74) is 0. The van der Waals surface area contributed by atoms with E-state index in [0.717, 1.165) is 22.6 Å². The van der Waals surface area contributed by atoms with E-state index < -0.39 is 0 Å². The van der Waals surface area contributed by atoms with E-state index in [1.165, 1.54) is 0 Å². The van der Waals surface area contributed by atoms with Crippen LogP contribution in [0.25, 0.3) is 10.2 Å². The molecule has 2 aromatic rings. The Balaban J connectivity index is 2.25. The molecule has 98 valence electrons. The van der Waals surface area contributed by atoms with Crippen molar-refractivity contribution < 1.29 is 5.11 Å². The van der Waals surface area contributed by atoms with Crippen LogP contribution in [-0.4, -0.2) is 34.8 Å². The van der Waals surface area contributed by atoms with Gasteiger partial charge in [-0.25, -0.2) is 4.98 Å². The number of nitrogens with one attached hydrogen (secondary N) is 2. The molecule has 0 amide bonds. The van der Waals surface area contributed by atoms with Gasteiger partial charge in [0.25, 0.3) is 0 Å². The van der Waals surface area contributed by atoms with Crippen molar-refractivity contribution in [3.63, 3.8) is 0 Å². The number of thiophene rings is 1. The number of aromatic nitrogens is 2. The van der Waals surface area contributed by atoms with Gasteiger partial charge in [-0.3, -0.25) is 0 Å². The quantitative estimate of drug-likeness (QED) is 0.747. The third-order valence-electron chi connectivity index (χ3n) is 2.59. The van der Waals surface area contributed by atoms with Gasteiger partial charge in [-0.05, 0) is 24.3 Å². The van der Waals surface area contributed by atoms with Crippen molar-refractivity contribution in [3.8, 4) is 0 Å². The summed E-state index contributed by atoms with van der Waals surface area (Å²) in [6.07, 6.45) is 0. The Hall–Kier alpha value is -1.40. The first-order chi connectivity index (χ1) is 8.74. The maximum absolute atomic E-state index is 9.04. The average molecular weight is 266 g/mol. The third kappa shape index (κ3) is 2.88. The van der Waals surface area contributed by atoms with E-state index in [1.807, 2.05) is 25.3 Å². The number of nitrogens with zero attached hydrogens (tertiary/aromatic N) is 2. The summed E-state index contributed by atoms with van der Waals surface area (Å²) in [7, 11) is 0. The molecule has 2 rings (SSSR count). The molecular formula is C12H18N4OS. The average Bonchev–Trinajstić information content (AvgIpc) is 2.84. The Morgan fingerprint density at radius 2 is 2.22 bits per heavy atom. The second-order valence-electron chi connectivity index (χ2n) is 4.23. The molecule has 0 bridgehead atoms. The summed E-state index contributed by atoms with van der Waals surface area (Å²) in [6.45, 7) is 5.67. The van der Waals surface area contributed by atoms with Crippen LogP contribution >= 0.6 is 11.3 Å². The fourth-order valence-corrected chi connectivity index (χ4v) is 2.33. The van der Waals surface area contributed by atoms with E-state index in [9.17, 15) is 0 Å². The molecule has 2 heterocycles. The van der Waals surface area contributed by atoms with Gasteiger partial charge in [-0.1, -0.05) is 6.92 Å². The van der Waals surface area contributed by atoms with Gasteiger partial charge in [0, 0.05) is 19.7 Å². The lowest BCUT2D eigenvalue weighted by atomic mass is 10.2. The highest BCUT2D eigenvalue weighted by Crippen LogP contribution is 2.26. The van der Waals surface area contributed by atoms with Gasteiger partial charge in [-0.15, -0.1) is 11.3 Å². The van der Waals surface area contributed by atoms with Crippen molar-refractivity contribution in [3.05, 3.63) is 11.4 Å². The molecule has 0 radical (unpaired) electrons. The molecule has 6 heteroatoms. The van der Waals surface area contributed by atoms with Gasteiger partial charge >= 0.3 is 0 Å². The molecule has 0 saturated heterocycles. The highest BCUT2D eigenvalue weighted by molar-refractivity contribution is 7.16. The van der Waals surface area contributed by atoms with Crippen LogP contribution in [0.4, 0.5) is 11.8 Å². The molecule has 3 N–H and O–H groups in total. The largest absolute Gasteiger partial charge is 0.396 e. The van der Waals surface area contributed by atoms with E-state index in [4.69, 9.17) is 5.11 Å². The number of aliphatic hydroxyl groups is 1. The Kier molecular flexibility index (Phi) is 4.33. The molecule has 1 unspecified atom stereocenters. The van der Waals surface area contributed by atoms with Crippen molar-refractivity contribution >= 4 is 33.3 Å². The van der Waals surface area contributed by atoms with Crippen molar-refractivity contribution in [1.82, 2.24) is 9.97 Å². The minimum atomic E-state index is 0.172. The number of hydrogen-bond donors (Lipinski definition) is 3. The van der Waals surface area contributed by atoms with Crippen LogP contribution in [0.5, 0.6) is 0 Å². The van der Waals surface area contributed by atoms with Crippen LogP contribution in [0.3, 0.4) is 0 Å². The van der Waals surface area contributed by atoms with E-state index in [-0.39, 0.29) is 12.5 Å². The molecule has 0 aliphatic heterocycles. The smallest absolute Gasteiger partial charge is 0.226 e. The summed E-state index contributed by atoms with van der Waals surface area (Å²) >= 11 is 1.60. The highest BCUT2D eigenvalue weighted by Gasteiger charge is 2.09. The molecule has 0 aliphatic rings. The minimum Gasteiger partial charge on any atom is -0.396 e. The van der Waals surface area contributed by atoms with Crippen LogP contribution in [0.15, 0.2) is 11.4 Å². The Labute approximate surface area is 110 Å². The summed E-state index contributed by atoms with van der Waals surface area (Å²) in [4.78, 5) is 9.87. The molecule has 5 nitrogen and oxygen atoms in total. The first kappa shape index (κ1) is 13.0. The van der Waals surface area contributed by atoms with Crippen molar-refractivity contribution in [2.24, 2.45) is 5.92 Å². The summed E-state index contributed by atoms with van der Waals surface area (Å²) in [5, 5.41) is 18.5. The van der Waals surface area contributed by atoms with Gasteiger partial charge in [0.2, 0.25) is 5.95 Å². The fraction of sp³-hybridized carbons (Fsp3) is 0.500. The molecule has 0 spiro atoms. The zero-order valence-electron chi connectivity index (χ0n) is 10.6. The number of rotatable bonds is 6. The molecule has 0 aromatic carbocycles. The van der Waals surface area contributed by atoms with Crippen LogP contribution in [0.1, 0.15) is 13.8 Å². The Morgan fingerprint density at radius 1 is 1.39 bits per heavy atom. The lowest BCUT2D eigenvalue weighted by Gasteiger charge is -2.12. The molecule has 0 saturated carbocycles. The standard InChI is InChI=1S/C12H18N4OS/c1-3-13-12-15-10(14-6-8(2)7-17)9-4-5-18-11(9)16-12/h4-5,8,17H,3,6-7H2,1-2H3,(H2,13,14,15,16). The maximum atomic E-state index is 9.04. The topological polar surface area (TPSA) is 70.1 Å². The van der Waals surface area contributed by atoms with Crippen LogP contribution < -0.4 is 10.6 Å². The summed E-state index contributed by atoms with van der Waals surface area (Å²) in [6, 6.07) is 2.02. The van der Waals surface area contributed by atoms with E-state index in [1.54, 1.807) is 11.3 Å². The second-order valence-corrected chi connectivity index (χ2v) is 5.13. The predicted molar refractivity (Wildman–Crippen MR) is 76.3 cm³/mol. The number of aliphatic hydroxyl groups excluding tert-OH is 1. The molecule has 1 atom stereocenters. The first-order valence-electron chi connectivity index (χ1n) is 6.08. The number of anilines is 2. The minimum absolute atomic E-state index is 0.172. The molecular weight excluding hydrogens is 248 g/mol. The normalized spacial score (nSPS) is 12.6. The van der Waals surface area contributed by atoms with Gasteiger partial charge in [0.1, 0.15) is 10.6 Å². The van der Waals surface area contributed by atoms with Crippen LogP contribution in [0.2, 0.25) is 0 Å². The molecule has 0 aliphatic carbocycles. The van der Waals surface area contributed by atoms with Crippen molar-refractivity contribution in [2.45, 2.75) is 13.8 Å². The van der Waals surface area contributed by atoms with Crippen molar-refractivity contribution in [2.75, 3.05) is 30.3 Å². The lowest BCUT2D eigenvalue weighted by molar-refractivity contribution is 0.244. The molecule has 0 fully saturated rings. The highest BCUT2D eigenvalue weighted by atomic mass is 32.1. The lowest BCUT2D eigenvalue weighted by Crippen LogP contribution is -2.16. The second kappa shape index (κ2) is 5.97. The van der Waals surface area contributed by atoms with E-state index in [0.29, 0.717) is 12.5 Å². The van der Waals surface area contributed by atoms with Gasteiger partial charge < -0.3 is 15.7 Å². The van der Waals surface area contributed by atoms with E-state index in [2.05, 4.69) is 20.6 Å². The van der Waals surface area contributed by atoms with Crippen LogP contribution in [0, 0.1) is 5.92 Å². The summed E-state index contributed by atoms with van der Waals surface area (Å²) in [5.74, 6) is 1.68. The van der Waals surface area contributed by atoms with Crippen LogP contribution in [-0.2, 0) is 0 Å². The predicted octanol–water partition coefficient (Wildman–Crippen LogP) is 2.16. The third-order valence-corrected chi connectivity index (χ3v) is 3.40. The number of hydrogen-bond acceptors (Lipinski definition) is 6. The maximum Gasteiger partial charge on any atom is 0.226 e. The van der Waals surface area contributed by atoms with Gasteiger partial charge in [0.15, 0.2) is 0 Å². The Bertz CT molecular complexity index is 514. The zero-order chi connectivity index (χ0) is 13.0. The van der Waals surface area contributed by atoms with Gasteiger partial charge in [0.05, 0.1) is 5.39 Å². The monoisotopic (exact) mass is 266 g/mol. The fourth-order valence-electron chi connectivity index (χ4n) is 1.56. The van der Waals surface area contributed by atoms with E-state index >= 15 is 0 Å².